The van der Waals surface area contributed by atoms with Crippen LogP contribution in [0.4, 0.5) is 0 Å². The van der Waals surface area contributed by atoms with Crippen molar-refractivity contribution in [2.75, 3.05) is 0 Å². The maximum absolute atomic E-state index is 4.02. The van der Waals surface area contributed by atoms with Crippen LogP contribution in [-0.2, 0) is 0 Å². The largest absolute Gasteiger partial charge is 0.0953 e. The van der Waals surface area contributed by atoms with Gasteiger partial charge in [-0.15, -0.1) is 0 Å². The molecule has 0 aromatic rings. The van der Waals surface area contributed by atoms with Gasteiger partial charge in [-0.05, 0) is 37.8 Å². The van der Waals surface area contributed by atoms with E-state index >= 15 is 0 Å². The van der Waals surface area contributed by atoms with Crippen molar-refractivity contribution in [3.05, 3.63) is 23.3 Å². The van der Waals surface area contributed by atoms with Crippen LogP contribution in [0.15, 0.2) is 23.3 Å². The summed E-state index contributed by atoms with van der Waals surface area (Å²) in [5, 5.41) is 0. The Bertz CT molecular complexity index is 155. The van der Waals surface area contributed by atoms with Crippen molar-refractivity contribution in [3.8, 4) is 0 Å². The molecular weight excluding hydrogens is 120 g/mol. The van der Waals surface area contributed by atoms with E-state index < -0.39 is 0 Å². The Hall–Kier alpha value is -0.520. The molecule has 58 valence electrons. The Morgan fingerprint density at radius 2 is 1.50 bits per heavy atom. The van der Waals surface area contributed by atoms with E-state index in [-0.39, 0.29) is 0 Å². The van der Waals surface area contributed by atoms with Gasteiger partial charge in [0, 0.05) is 0 Å². The molecule has 0 bridgehead atoms. The van der Waals surface area contributed by atoms with Crippen LogP contribution in [0.25, 0.3) is 0 Å². The van der Waals surface area contributed by atoms with Crippen molar-refractivity contribution in [3.63, 3.8) is 0 Å². The van der Waals surface area contributed by atoms with E-state index in [9.17, 15) is 0 Å². The van der Waals surface area contributed by atoms with Gasteiger partial charge in [0.25, 0.3) is 0 Å². The lowest BCUT2D eigenvalue weighted by atomic mass is 9.95. The highest BCUT2D eigenvalue weighted by Gasteiger charge is 2.02. The summed E-state index contributed by atoms with van der Waals surface area (Å²) in [4.78, 5) is 0. The first-order valence-corrected chi connectivity index (χ1v) is 3.80. The van der Waals surface area contributed by atoms with Crippen LogP contribution >= 0.6 is 0 Å². The fourth-order valence-corrected chi connectivity index (χ4v) is 0.754. The van der Waals surface area contributed by atoms with E-state index in [0.29, 0.717) is 5.92 Å². The third kappa shape index (κ3) is 2.38. The summed E-state index contributed by atoms with van der Waals surface area (Å²) < 4.78 is 0. The number of hydrogen-bond donors (Lipinski definition) is 0. The maximum atomic E-state index is 4.02. The molecule has 0 atom stereocenters. The van der Waals surface area contributed by atoms with Crippen LogP contribution in [0.2, 0.25) is 0 Å². The third-order valence-electron chi connectivity index (χ3n) is 1.93. The van der Waals surface area contributed by atoms with Crippen LogP contribution in [0, 0.1) is 5.92 Å². The zero-order valence-corrected chi connectivity index (χ0v) is 7.78. The lowest BCUT2D eigenvalue weighted by Gasteiger charge is -2.11. The normalized spacial score (nSPS) is 9.80. The molecule has 0 saturated carbocycles. The monoisotopic (exact) mass is 138 g/mol. The summed E-state index contributed by atoms with van der Waals surface area (Å²) in [7, 11) is 0. The summed E-state index contributed by atoms with van der Waals surface area (Å²) in [6.07, 6.45) is 0. The van der Waals surface area contributed by atoms with Gasteiger partial charge in [-0.3, -0.25) is 0 Å². The highest BCUT2D eigenvalue weighted by Crippen LogP contribution is 2.19. The highest BCUT2D eigenvalue weighted by atomic mass is 14.1. The fraction of sp³-hybridized carbons (Fsp3) is 0.600. The molecule has 0 rings (SSSR count). The average molecular weight is 138 g/mol. The van der Waals surface area contributed by atoms with E-state index in [1.165, 1.54) is 16.7 Å². The topological polar surface area (TPSA) is 0 Å². The molecule has 10 heavy (non-hydrogen) atoms. The molecule has 0 saturated heterocycles. The summed E-state index contributed by atoms with van der Waals surface area (Å²) in [5.74, 6) is 0.579. The molecule has 0 heteroatoms. The van der Waals surface area contributed by atoms with Gasteiger partial charge >= 0.3 is 0 Å². The molecule has 0 unspecified atom stereocenters. The molecule has 0 fully saturated rings. The Morgan fingerprint density at radius 1 is 1.10 bits per heavy atom. The number of hydrogen-bond acceptors (Lipinski definition) is 0. The van der Waals surface area contributed by atoms with Crippen molar-refractivity contribution in [1.82, 2.24) is 0 Å². The molecule has 0 N–H and O–H groups in total. The van der Waals surface area contributed by atoms with Gasteiger partial charge in [-0.1, -0.05) is 26.0 Å². The Kier molecular flexibility index (Phi) is 3.41. The van der Waals surface area contributed by atoms with Crippen LogP contribution in [-0.4, -0.2) is 0 Å². The van der Waals surface area contributed by atoms with Gasteiger partial charge in [0.15, 0.2) is 0 Å². The van der Waals surface area contributed by atoms with Crippen LogP contribution < -0.4 is 0 Å². The van der Waals surface area contributed by atoms with Gasteiger partial charge in [0.2, 0.25) is 0 Å². The molecule has 0 amide bonds. The van der Waals surface area contributed by atoms with Gasteiger partial charge in [-0.2, -0.15) is 0 Å². The summed E-state index contributed by atoms with van der Waals surface area (Å²) in [5.41, 5.74) is 3.99. The smallest absolute Gasteiger partial charge is 0.0222 e. The van der Waals surface area contributed by atoms with E-state index in [0.717, 1.165) is 0 Å². The molecule has 0 aliphatic heterocycles. The average Bonchev–Trinajstić information content (AvgIpc) is 1.84. The summed E-state index contributed by atoms with van der Waals surface area (Å²) in [6, 6.07) is 0. The predicted molar refractivity (Wildman–Crippen MR) is 48.0 cm³/mol. The molecule has 0 aliphatic carbocycles. The third-order valence-corrected chi connectivity index (χ3v) is 1.93. The quantitative estimate of drug-likeness (QED) is 0.512. The summed E-state index contributed by atoms with van der Waals surface area (Å²) in [6.45, 7) is 14.8. The van der Waals surface area contributed by atoms with Crippen molar-refractivity contribution < 1.29 is 0 Å². The maximum Gasteiger partial charge on any atom is -0.0222 e. The van der Waals surface area contributed by atoms with Gasteiger partial charge < -0.3 is 0 Å². The van der Waals surface area contributed by atoms with E-state index in [2.05, 4.69) is 41.2 Å². The summed E-state index contributed by atoms with van der Waals surface area (Å²) >= 11 is 0. The molecule has 0 radical (unpaired) electrons. The Balaban J connectivity index is 4.38. The molecular formula is C10H18. The number of rotatable bonds is 2. The standard InChI is InChI=1S/C10H18/c1-7(2)9(5)10(6)8(3)4/h7H,5H2,1-4,6H3. The Labute approximate surface area is 64.6 Å². The van der Waals surface area contributed by atoms with Crippen molar-refractivity contribution in [1.29, 1.82) is 0 Å². The molecule has 0 aliphatic rings. The second-order valence-electron chi connectivity index (χ2n) is 3.30. The first-order valence-electron chi connectivity index (χ1n) is 3.80. The minimum Gasteiger partial charge on any atom is -0.0953 e. The predicted octanol–water partition coefficient (Wildman–Crippen LogP) is 3.55. The van der Waals surface area contributed by atoms with E-state index in [4.69, 9.17) is 0 Å². The lowest BCUT2D eigenvalue weighted by Crippen LogP contribution is -1.94. The Morgan fingerprint density at radius 3 is 1.60 bits per heavy atom. The minimum absolute atomic E-state index is 0.579. The highest BCUT2D eigenvalue weighted by molar-refractivity contribution is 5.30. The van der Waals surface area contributed by atoms with Gasteiger partial charge in [-0.25, -0.2) is 0 Å². The lowest BCUT2D eigenvalue weighted by molar-refractivity contribution is 0.778. The van der Waals surface area contributed by atoms with Crippen molar-refractivity contribution in [2.24, 2.45) is 5.92 Å². The van der Waals surface area contributed by atoms with Crippen LogP contribution in [0.3, 0.4) is 0 Å². The first kappa shape index (κ1) is 9.48. The SMILES string of the molecule is C=C(C(C)=C(C)C)C(C)C. The molecule has 0 spiro atoms. The van der Waals surface area contributed by atoms with Crippen molar-refractivity contribution in [2.45, 2.75) is 34.6 Å². The second-order valence-corrected chi connectivity index (χ2v) is 3.30. The van der Waals surface area contributed by atoms with Gasteiger partial charge in [0.1, 0.15) is 0 Å². The molecule has 0 aromatic carbocycles. The van der Waals surface area contributed by atoms with E-state index in [1.807, 2.05) is 0 Å². The van der Waals surface area contributed by atoms with Crippen molar-refractivity contribution >= 4 is 0 Å². The van der Waals surface area contributed by atoms with Crippen LogP contribution in [0.1, 0.15) is 34.6 Å². The number of allylic oxidation sites excluding steroid dienone is 3. The molecule has 0 aromatic heterocycles. The van der Waals surface area contributed by atoms with E-state index in [1.54, 1.807) is 0 Å². The fourth-order valence-electron chi connectivity index (χ4n) is 0.754. The molecule has 0 heterocycles. The molecule has 0 nitrogen and oxygen atoms in total. The zero-order chi connectivity index (χ0) is 8.31. The first-order chi connectivity index (χ1) is 4.46. The zero-order valence-electron chi connectivity index (χ0n) is 7.78. The second kappa shape index (κ2) is 3.60. The minimum atomic E-state index is 0.579. The van der Waals surface area contributed by atoms with Gasteiger partial charge in [0.05, 0.1) is 0 Å². The van der Waals surface area contributed by atoms with Crippen LogP contribution in [0.5, 0.6) is 0 Å².